The number of nitrogens with one attached hydrogen (secondary N) is 2. The van der Waals surface area contributed by atoms with Crippen LogP contribution in [0, 0.1) is 0 Å². The Labute approximate surface area is 179 Å². The first-order chi connectivity index (χ1) is 13.5. The Kier molecular flexibility index (Phi) is 9.07. The summed E-state index contributed by atoms with van der Waals surface area (Å²) < 4.78 is 11.0. The third-order valence-corrected chi connectivity index (χ3v) is 4.15. The minimum atomic E-state index is -0.206. The van der Waals surface area contributed by atoms with Crippen LogP contribution in [0.25, 0.3) is 0 Å². The van der Waals surface area contributed by atoms with Crippen molar-refractivity contribution in [3.63, 3.8) is 0 Å². The third kappa shape index (κ3) is 7.76. The molecule has 5 nitrogen and oxygen atoms in total. The normalized spacial score (nSPS) is 10.1. The summed E-state index contributed by atoms with van der Waals surface area (Å²) in [6.07, 6.45) is 2.43. The SMILES string of the molecule is C=CCOc1cccc(NC(=S)NC(=O)CCCOc2ccc(Cl)cc2Cl)c1. The zero-order valence-corrected chi connectivity index (χ0v) is 17.4. The zero-order chi connectivity index (χ0) is 20.4. The molecule has 1 amide bonds. The van der Waals surface area contributed by atoms with Gasteiger partial charge in [-0.3, -0.25) is 4.79 Å². The van der Waals surface area contributed by atoms with Crippen molar-refractivity contribution in [2.75, 3.05) is 18.5 Å². The molecule has 0 fully saturated rings. The van der Waals surface area contributed by atoms with Crippen molar-refractivity contribution in [3.8, 4) is 11.5 Å². The van der Waals surface area contributed by atoms with E-state index in [4.69, 9.17) is 44.9 Å². The highest BCUT2D eigenvalue weighted by Gasteiger charge is 2.07. The van der Waals surface area contributed by atoms with Crippen LogP contribution < -0.4 is 20.1 Å². The Morgan fingerprint density at radius 2 is 2.00 bits per heavy atom. The lowest BCUT2D eigenvalue weighted by atomic mass is 10.3. The predicted molar refractivity (Wildman–Crippen MR) is 118 cm³/mol. The highest BCUT2D eigenvalue weighted by atomic mass is 35.5. The smallest absolute Gasteiger partial charge is 0.226 e. The van der Waals surface area contributed by atoms with E-state index in [1.807, 2.05) is 18.2 Å². The van der Waals surface area contributed by atoms with Gasteiger partial charge in [0.25, 0.3) is 0 Å². The Morgan fingerprint density at radius 1 is 1.18 bits per heavy atom. The van der Waals surface area contributed by atoms with Crippen LogP contribution in [-0.2, 0) is 4.79 Å². The van der Waals surface area contributed by atoms with Gasteiger partial charge in [0.2, 0.25) is 5.91 Å². The van der Waals surface area contributed by atoms with Gasteiger partial charge in [-0.05, 0) is 49.0 Å². The van der Waals surface area contributed by atoms with Gasteiger partial charge in [0.05, 0.1) is 11.6 Å². The summed E-state index contributed by atoms with van der Waals surface area (Å²) >= 11 is 17.0. The largest absolute Gasteiger partial charge is 0.492 e. The van der Waals surface area contributed by atoms with E-state index >= 15 is 0 Å². The van der Waals surface area contributed by atoms with E-state index in [0.717, 1.165) is 0 Å². The standard InChI is InChI=1S/C20H20Cl2N2O3S/c1-2-10-26-16-6-3-5-15(13-16)23-20(28)24-19(25)7-4-11-27-18-9-8-14(21)12-17(18)22/h2-3,5-6,8-9,12-13H,1,4,7,10-11H2,(H2,23,24,25,28). The Balaban J connectivity index is 1.71. The molecular formula is C20H20Cl2N2O3S. The molecular weight excluding hydrogens is 419 g/mol. The first-order valence-electron chi connectivity index (χ1n) is 8.50. The van der Waals surface area contributed by atoms with Gasteiger partial charge in [0.1, 0.15) is 18.1 Å². The minimum absolute atomic E-state index is 0.206. The molecule has 2 aromatic rings. The van der Waals surface area contributed by atoms with Gasteiger partial charge < -0.3 is 20.1 Å². The first kappa shape index (κ1) is 22.0. The summed E-state index contributed by atoms with van der Waals surface area (Å²) in [7, 11) is 0. The maximum absolute atomic E-state index is 12.0. The van der Waals surface area contributed by atoms with Gasteiger partial charge in [-0.1, -0.05) is 41.9 Å². The lowest BCUT2D eigenvalue weighted by molar-refractivity contribution is -0.119. The molecule has 2 N–H and O–H groups in total. The summed E-state index contributed by atoms with van der Waals surface area (Å²) in [5.74, 6) is 1.00. The maximum atomic E-state index is 12.0. The molecule has 0 aromatic heterocycles. The van der Waals surface area contributed by atoms with Gasteiger partial charge in [-0.25, -0.2) is 0 Å². The number of rotatable bonds is 9. The predicted octanol–water partition coefficient (Wildman–Crippen LogP) is 5.23. The molecule has 0 bridgehead atoms. The molecule has 0 saturated heterocycles. The Bertz CT molecular complexity index is 846. The minimum Gasteiger partial charge on any atom is -0.492 e. The number of thiocarbonyl (C=S) groups is 1. The number of carbonyl (C=O) groups excluding carboxylic acids is 1. The zero-order valence-electron chi connectivity index (χ0n) is 15.0. The summed E-state index contributed by atoms with van der Waals surface area (Å²) in [5, 5.41) is 6.77. The van der Waals surface area contributed by atoms with Gasteiger partial charge in [0, 0.05) is 23.2 Å². The van der Waals surface area contributed by atoms with Crippen molar-refractivity contribution in [2.24, 2.45) is 0 Å². The number of benzene rings is 2. The topological polar surface area (TPSA) is 59.6 Å². The summed E-state index contributed by atoms with van der Waals surface area (Å²) in [5.41, 5.74) is 0.715. The second-order valence-electron chi connectivity index (χ2n) is 5.66. The quantitative estimate of drug-likeness (QED) is 0.318. The fraction of sp³-hybridized carbons (Fsp3) is 0.200. The molecule has 0 unspecified atom stereocenters. The molecule has 0 atom stereocenters. The molecule has 2 aromatic carbocycles. The summed E-state index contributed by atoms with van der Waals surface area (Å²) in [4.78, 5) is 12.0. The molecule has 2 rings (SSSR count). The van der Waals surface area contributed by atoms with Crippen LogP contribution in [0.3, 0.4) is 0 Å². The van der Waals surface area contributed by atoms with E-state index in [2.05, 4.69) is 17.2 Å². The number of amides is 1. The second-order valence-corrected chi connectivity index (χ2v) is 6.91. The van der Waals surface area contributed by atoms with Crippen molar-refractivity contribution >= 4 is 52.1 Å². The summed E-state index contributed by atoms with van der Waals surface area (Å²) in [6.45, 7) is 4.36. The van der Waals surface area contributed by atoms with E-state index in [-0.39, 0.29) is 17.4 Å². The van der Waals surface area contributed by atoms with Crippen LogP contribution >= 0.6 is 35.4 Å². The van der Waals surface area contributed by atoms with Crippen molar-refractivity contribution < 1.29 is 14.3 Å². The molecule has 0 heterocycles. The monoisotopic (exact) mass is 438 g/mol. The number of hydrogen-bond donors (Lipinski definition) is 2. The second kappa shape index (κ2) is 11.5. The van der Waals surface area contributed by atoms with Gasteiger partial charge >= 0.3 is 0 Å². The number of anilines is 1. The van der Waals surface area contributed by atoms with Crippen LogP contribution in [0.4, 0.5) is 5.69 Å². The van der Waals surface area contributed by atoms with E-state index in [1.54, 1.807) is 30.3 Å². The van der Waals surface area contributed by atoms with E-state index in [0.29, 0.717) is 46.9 Å². The van der Waals surface area contributed by atoms with Crippen LogP contribution in [0.15, 0.2) is 55.1 Å². The maximum Gasteiger partial charge on any atom is 0.226 e. The van der Waals surface area contributed by atoms with Crippen molar-refractivity contribution in [2.45, 2.75) is 12.8 Å². The fourth-order valence-electron chi connectivity index (χ4n) is 2.18. The lowest BCUT2D eigenvalue weighted by Crippen LogP contribution is -2.34. The molecule has 0 saturated carbocycles. The third-order valence-electron chi connectivity index (χ3n) is 3.41. The van der Waals surface area contributed by atoms with E-state index in [1.165, 1.54) is 0 Å². The van der Waals surface area contributed by atoms with Crippen LogP contribution in [0.2, 0.25) is 10.0 Å². The molecule has 0 aliphatic rings. The van der Waals surface area contributed by atoms with Crippen molar-refractivity contribution in [3.05, 3.63) is 65.2 Å². The molecule has 0 aliphatic heterocycles. The lowest BCUT2D eigenvalue weighted by Gasteiger charge is -2.11. The van der Waals surface area contributed by atoms with Gasteiger partial charge in [-0.2, -0.15) is 0 Å². The Morgan fingerprint density at radius 3 is 2.75 bits per heavy atom. The van der Waals surface area contributed by atoms with E-state index < -0.39 is 0 Å². The first-order valence-corrected chi connectivity index (χ1v) is 9.67. The highest BCUT2D eigenvalue weighted by molar-refractivity contribution is 7.80. The average molecular weight is 439 g/mol. The number of hydrogen-bond acceptors (Lipinski definition) is 4. The number of halogens is 2. The van der Waals surface area contributed by atoms with Gasteiger partial charge in [-0.15, -0.1) is 0 Å². The summed E-state index contributed by atoms with van der Waals surface area (Å²) in [6, 6.07) is 12.2. The molecule has 28 heavy (non-hydrogen) atoms. The van der Waals surface area contributed by atoms with E-state index in [9.17, 15) is 4.79 Å². The molecule has 0 radical (unpaired) electrons. The van der Waals surface area contributed by atoms with Crippen molar-refractivity contribution in [1.29, 1.82) is 0 Å². The molecule has 0 aliphatic carbocycles. The number of carbonyl (C=O) groups is 1. The molecule has 148 valence electrons. The van der Waals surface area contributed by atoms with Crippen LogP contribution in [0.5, 0.6) is 11.5 Å². The Hall–Kier alpha value is -2.28. The number of ether oxygens (including phenoxy) is 2. The van der Waals surface area contributed by atoms with Gasteiger partial charge in [0.15, 0.2) is 5.11 Å². The molecule has 0 spiro atoms. The average Bonchev–Trinajstić information content (AvgIpc) is 2.65. The van der Waals surface area contributed by atoms with Crippen LogP contribution in [0.1, 0.15) is 12.8 Å². The van der Waals surface area contributed by atoms with Crippen LogP contribution in [-0.4, -0.2) is 24.2 Å². The molecule has 8 heteroatoms. The fourth-order valence-corrected chi connectivity index (χ4v) is 2.87. The highest BCUT2D eigenvalue weighted by Crippen LogP contribution is 2.27. The van der Waals surface area contributed by atoms with Crippen molar-refractivity contribution in [1.82, 2.24) is 5.32 Å².